The molecule has 170 valence electrons. The Morgan fingerprint density at radius 2 is 1.84 bits per heavy atom. The smallest absolute Gasteiger partial charge is 0.328 e. The van der Waals surface area contributed by atoms with E-state index in [1.807, 2.05) is 24.3 Å². The van der Waals surface area contributed by atoms with E-state index in [1.165, 1.54) is 6.92 Å². The lowest BCUT2D eigenvalue weighted by molar-refractivity contribution is -0.145. The molecule has 9 N–H and O–H groups in total. The van der Waals surface area contributed by atoms with Crippen LogP contribution >= 0.6 is 0 Å². The molecule has 4 atom stereocenters. The predicted molar refractivity (Wildman–Crippen MR) is 116 cm³/mol. The third-order valence-electron chi connectivity index (χ3n) is 5.08. The summed E-state index contributed by atoms with van der Waals surface area (Å²) in [5, 5.41) is 24.6. The second-order valence-corrected chi connectivity index (χ2v) is 7.58. The number of carboxylic acids is 1. The third-order valence-corrected chi connectivity index (χ3v) is 5.08. The number of fused-ring (bicyclic) bond motifs is 1. The summed E-state index contributed by atoms with van der Waals surface area (Å²) in [5.41, 5.74) is 13.4. The van der Waals surface area contributed by atoms with Crippen LogP contribution in [-0.2, 0) is 20.8 Å². The van der Waals surface area contributed by atoms with Gasteiger partial charge in [0.05, 0.1) is 12.1 Å². The van der Waals surface area contributed by atoms with Crippen molar-refractivity contribution in [1.29, 1.82) is 0 Å². The van der Waals surface area contributed by atoms with E-state index in [9.17, 15) is 24.6 Å². The predicted octanol–water partition coefficient (Wildman–Crippen LogP) is -0.398. The fourth-order valence-corrected chi connectivity index (χ4v) is 3.31. The van der Waals surface area contributed by atoms with Gasteiger partial charge in [-0.1, -0.05) is 18.2 Å². The Labute approximate surface area is 180 Å². The van der Waals surface area contributed by atoms with Crippen LogP contribution in [0, 0.1) is 0 Å². The molecule has 4 unspecified atom stereocenters. The summed E-state index contributed by atoms with van der Waals surface area (Å²) in [7, 11) is 0. The molecular weight excluding hydrogens is 402 g/mol. The Kier molecular flexibility index (Phi) is 8.98. The first-order chi connectivity index (χ1) is 14.7. The molecular formula is C21H31N5O5. The third kappa shape index (κ3) is 6.78. The maximum Gasteiger partial charge on any atom is 0.328 e. The number of benzene rings is 1. The SMILES string of the molecule is CC(O)C(NC(=O)C(CCCCN)NC(=O)C(N)Cc1c[nH]c2ccccc12)C(=O)O. The monoisotopic (exact) mass is 433 g/mol. The molecule has 2 amide bonds. The number of aliphatic hydroxyl groups is 1. The topological polar surface area (TPSA) is 184 Å². The minimum Gasteiger partial charge on any atom is -0.480 e. The highest BCUT2D eigenvalue weighted by molar-refractivity contribution is 5.92. The van der Waals surface area contributed by atoms with Crippen LogP contribution in [0.5, 0.6) is 0 Å². The van der Waals surface area contributed by atoms with Crippen molar-refractivity contribution in [2.24, 2.45) is 11.5 Å². The molecule has 0 spiro atoms. The van der Waals surface area contributed by atoms with Crippen molar-refractivity contribution in [3.8, 4) is 0 Å². The molecule has 10 heteroatoms. The number of aromatic nitrogens is 1. The highest BCUT2D eigenvalue weighted by Crippen LogP contribution is 2.18. The van der Waals surface area contributed by atoms with Gasteiger partial charge >= 0.3 is 5.97 Å². The number of rotatable bonds is 12. The van der Waals surface area contributed by atoms with Gasteiger partial charge in [-0.25, -0.2) is 4.79 Å². The number of hydrogen-bond acceptors (Lipinski definition) is 6. The van der Waals surface area contributed by atoms with Crippen LogP contribution in [0.2, 0.25) is 0 Å². The Morgan fingerprint density at radius 3 is 2.48 bits per heavy atom. The first-order valence-corrected chi connectivity index (χ1v) is 10.3. The van der Waals surface area contributed by atoms with E-state index < -0.39 is 42.0 Å². The summed E-state index contributed by atoms with van der Waals surface area (Å²) in [5.74, 6) is -2.59. The molecule has 0 saturated heterocycles. The van der Waals surface area contributed by atoms with Crippen molar-refractivity contribution in [2.45, 2.75) is 56.8 Å². The average Bonchev–Trinajstić information content (AvgIpc) is 3.13. The number of carboxylic acid groups (broad SMARTS) is 1. The zero-order chi connectivity index (χ0) is 23.0. The molecule has 0 bridgehead atoms. The van der Waals surface area contributed by atoms with E-state index in [0.717, 1.165) is 16.5 Å². The van der Waals surface area contributed by atoms with Crippen molar-refractivity contribution in [1.82, 2.24) is 15.6 Å². The summed E-state index contributed by atoms with van der Waals surface area (Å²) in [4.78, 5) is 39.7. The molecule has 1 aromatic carbocycles. The van der Waals surface area contributed by atoms with Crippen molar-refractivity contribution < 1.29 is 24.6 Å². The molecule has 0 radical (unpaired) electrons. The molecule has 10 nitrogen and oxygen atoms in total. The average molecular weight is 434 g/mol. The Hall–Kier alpha value is -2.95. The Balaban J connectivity index is 2.06. The number of H-pyrrole nitrogens is 1. The Morgan fingerprint density at radius 1 is 1.13 bits per heavy atom. The first kappa shape index (κ1) is 24.3. The number of aromatic amines is 1. The minimum absolute atomic E-state index is 0.262. The maximum absolute atomic E-state index is 12.7. The largest absolute Gasteiger partial charge is 0.480 e. The number of para-hydroxylation sites is 1. The fourth-order valence-electron chi connectivity index (χ4n) is 3.31. The molecule has 31 heavy (non-hydrogen) atoms. The summed E-state index contributed by atoms with van der Waals surface area (Å²) in [6, 6.07) is 4.26. The normalized spacial score (nSPS) is 15.1. The second kappa shape index (κ2) is 11.4. The molecule has 0 aliphatic heterocycles. The highest BCUT2D eigenvalue weighted by Gasteiger charge is 2.30. The number of aliphatic carboxylic acids is 1. The molecule has 0 aliphatic carbocycles. The molecule has 2 rings (SSSR count). The van der Waals surface area contributed by atoms with E-state index in [4.69, 9.17) is 11.5 Å². The van der Waals surface area contributed by atoms with Crippen molar-refractivity contribution in [2.75, 3.05) is 6.54 Å². The van der Waals surface area contributed by atoms with Gasteiger partial charge in [0.15, 0.2) is 6.04 Å². The highest BCUT2D eigenvalue weighted by atomic mass is 16.4. The molecule has 0 fully saturated rings. The van der Waals surface area contributed by atoms with Gasteiger partial charge in [0, 0.05) is 17.1 Å². The van der Waals surface area contributed by atoms with Gasteiger partial charge in [-0.3, -0.25) is 9.59 Å². The number of carbonyl (C=O) groups is 3. The lowest BCUT2D eigenvalue weighted by atomic mass is 10.0. The van der Waals surface area contributed by atoms with Crippen LogP contribution in [0.25, 0.3) is 10.9 Å². The van der Waals surface area contributed by atoms with Gasteiger partial charge in [-0.05, 0) is 50.8 Å². The van der Waals surface area contributed by atoms with Gasteiger partial charge in [0.1, 0.15) is 6.04 Å². The van der Waals surface area contributed by atoms with E-state index in [0.29, 0.717) is 19.4 Å². The molecule has 1 heterocycles. The zero-order valence-electron chi connectivity index (χ0n) is 17.5. The van der Waals surface area contributed by atoms with Crippen LogP contribution in [0.4, 0.5) is 0 Å². The summed E-state index contributed by atoms with van der Waals surface area (Å²) in [6.07, 6.45) is 2.22. The van der Waals surface area contributed by atoms with Crippen LogP contribution < -0.4 is 22.1 Å². The summed E-state index contributed by atoms with van der Waals surface area (Å²) in [6.45, 7) is 1.69. The van der Waals surface area contributed by atoms with Crippen molar-refractivity contribution >= 4 is 28.7 Å². The van der Waals surface area contributed by atoms with Crippen LogP contribution in [0.1, 0.15) is 31.7 Å². The number of nitrogens with two attached hydrogens (primary N) is 2. The van der Waals surface area contributed by atoms with Gasteiger partial charge in [-0.15, -0.1) is 0 Å². The minimum atomic E-state index is -1.48. The van der Waals surface area contributed by atoms with E-state index in [-0.39, 0.29) is 12.8 Å². The van der Waals surface area contributed by atoms with Gasteiger partial charge in [0.2, 0.25) is 11.8 Å². The van der Waals surface area contributed by atoms with Gasteiger partial charge in [0.25, 0.3) is 0 Å². The van der Waals surface area contributed by atoms with Crippen molar-refractivity contribution in [3.05, 3.63) is 36.0 Å². The zero-order valence-corrected chi connectivity index (χ0v) is 17.5. The lowest BCUT2D eigenvalue weighted by Crippen LogP contribution is -2.56. The van der Waals surface area contributed by atoms with Crippen molar-refractivity contribution in [3.63, 3.8) is 0 Å². The summed E-state index contributed by atoms with van der Waals surface area (Å²) >= 11 is 0. The standard InChI is InChI=1S/C21H31N5O5/c1-12(27)18(21(30)31)26-20(29)17(8-4-5-9-22)25-19(28)15(23)10-13-11-24-16-7-3-2-6-14(13)16/h2-3,6-7,11-12,15,17-18,24,27H,4-5,8-10,22-23H2,1H3,(H,25,28)(H,26,29)(H,30,31). The van der Waals surface area contributed by atoms with Crippen LogP contribution in [0.15, 0.2) is 30.5 Å². The number of carbonyl (C=O) groups excluding carboxylic acids is 2. The van der Waals surface area contributed by atoms with Crippen LogP contribution in [-0.4, -0.2) is 63.8 Å². The second-order valence-electron chi connectivity index (χ2n) is 7.58. The molecule has 0 saturated carbocycles. The van der Waals surface area contributed by atoms with Gasteiger partial charge in [-0.2, -0.15) is 0 Å². The molecule has 1 aromatic heterocycles. The summed E-state index contributed by atoms with van der Waals surface area (Å²) < 4.78 is 0. The number of amides is 2. The number of aliphatic hydroxyl groups excluding tert-OH is 1. The lowest BCUT2D eigenvalue weighted by Gasteiger charge is -2.24. The van der Waals surface area contributed by atoms with Crippen LogP contribution in [0.3, 0.4) is 0 Å². The van der Waals surface area contributed by atoms with Gasteiger partial charge < -0.3 is 37.3 Å². The first-order valence-electron chi connectivity index (χ1n) is 10.3. The number of nitrogens with one attached hydrogen (secondary N) is 3. The Bertz CT molecular complexity index is 897. The number of unbranched alkanes of at least 4 members (excludes halogenated alkanes) is 1. The number of hydrogen-bond donors (Lipinski definition) is 7. The molecule has 2 aromatic rings. The van der Waals surface area contributed by atoms with E-state index in [2.05, 4.69) is 15.6 Å². The fraction of sp³-hybridized carbons (Fsp3) is 0.476. The maximum atomic E-state index is 12.7. The molecule has 0 aliphatic rings. The van der Waals surface area contributed by atoms with E-state index >= 15 is 0 Å². The van der Waals surface area contributed by atoms with E-state index in [1.54, 1.807) is 6.20 Å². The quantitative estimate of drug-likeness (QED) is 0.222.